The van der Waals surface area contributed by atoms with E-state index in [1.807, 2.05) is 61.5 Å². The van der Waals surface area contributed by atoms with Gasteiger partial charge in [0.2, 0.25) is 11.8 Å². The van der Waals surface area contributed by atoms with Crippen LogP contribution in [-0.4, -0.2) is 35.4 Å². The Morgan fingerprint density at radius 1 is 0.974 bits per heavy atom. The van der Waals surface area contributed by atoms with E-state index in [1.54, 1.807) is 23.1 Å². The zero-order chi connectivity index (χ0) is 26.7. The second-order valence-corrected chi connectivity index (χ2v) is 10.1. The van der Waals surface area contributed by atoms with Crippen LogP contribution in [0, 0.1) is 12.7 Å². The van der Waals surface area contributed by atoms with E-state index < -0.39 is 6.04 Å². The number of hydrogen-bond donors (Lipinski definition) is 1. The highest BCUT2D eigenvalue weighted by molar-refractivity contribution is 5.88. The summed E-state index contributed by atoms with van der Waals surface area (Å²) in [6.07, 6.45) is 5.12. The first-order valence-electron chi connectivity index (χ1n) is 13.6. The highest BCUT2D eigenvalue weighted by Crippen LogP contribution is 2.21. The Kier molecular flexibility index (Phi) is 9.90. The molecule has 5 nitrogen and oxygen atoms in total. The number of aryl methyl sites for hydroxylation is 1. The fourth-order valence-electron chi connectivity index (χ4n) is 4.92. The molecule has 1 N–H and O–H groups in total. The molecular formula is C32H37FN2O3. The molecule has 1 aliphatic carbocycles. The predicted molar refractivity (Wildman–Crippen MR) is 147 cm³/mol. The molecule has 0 unspecified atom stereocenters. The molecule has 38 heavy (non-hydrogen) atoms. The normalized spacial score (nSPS) is 14.2. The summed E-state index contributed by atoms with van der Waals surface area (Å²) in [5.41, 5.74) is 2.49. The molecule has 0 saturated heterocycles. The number of halogens is 1. The van der Waals surface area contributed by atoms with E-state index in [-0.39, 0.29) is 36.6 Å². The smallest absolute Gasteiger partial charge is 0.243 e. The van der Waals surface area contributed by atoms with E-state index >= 15 is 0 Å². The van der Waals surface area contributed by atoms with Gasteiger partial charge in [0, 0.05) is 31.0 Å². The lowest BCUT2D eigenvalue weighted by Gasteiger charge is -2.32. The van der Waals surface area contributed by atoms with Gasteiger partial charge in [-0.05, 0) is 49.9 Å². The fraction of sp³-hybridized carbons (Fsp3) is 0.375. The van der Waals surface area contributed by atoms with E-state index in [0.29, 0.717) is 25.0 Å². The SMILES string of the molecule is Cc1ccc(OCCCC(=O)N(Cc2ccccc2F)[C@H](Cc2ccccc2)C(=O)NC2CCCC2)cc1. The lowest BCUT2D eigenvalue weighted by molar-refractivity contribution is -0.141. The summed E-state index contributed by atoms with van der Waals surface area (Å²) in [5.74, 6) is -0.00330. The number of rotatable bonds is 12. The minimum absolute atomic E-state index is 0.0277. The van der Waals surface area contributed by atoms with Crippen molar-refractivity contribution in [2.24, 2.45) is 0 Å². The molecule has 1 saturated carbocycles. The molecule has 6 heteroatoms. The number of benzene rings is 3. The molecule has 0 heterocycles. The van der Waals surface area contributed by atoms with Crippen LogP contribution in [0.4, 0.5) is 4.39 Å². The van der Waals surface area contributed by atoms with Crippen LogP contribution in [0.15, 0.2) is 78.9 Å². The maximum Gasteiger partial charge on any atom is 0.243 e. The monoisotopic (exact) mass is 516 g/mol. The van der Waals surface area contributed by atoms with Gasteiger partial charge in [0.1, 0.15) is 17.6 Å². The molecular weight excluding hydrogens is 479 g/mol. The lowest BCUT2D eigenvalue weighted by atomic mass is 10.0. The second-order valence-electron chi connectivity index (χ2n) is 10.1. The van der Waals surface area contributed by atoms with Gasteiger partial charge in [-0.1, -0.05) is 79.1 Å². The van der Waals surface area contributed by atoms with E-state index in [9.17, 15) is 14.0 Å². The summed E-state index contributed by atoms with van der Waals surface area (Å²) in [6, 6.07) is 23.3. The standard InChI is InChI=1S/C32H37FN2O3/c1-24-17-19-28(20-18-24)38-21-9-16-31(36)35(23-26-12-5-8-15-29(26)33)30(22-25-10-3-2-4-11-25)32(37)34-27-13-6-7-14-27/h2-5,8,10-12,15,17-20,27,30H,6-7,9,13-14,16,21-23H2,1H3,(H,34,37)/t30-/m1/s1. The van der Waals surface area contributed by atoms with Crippen molar-refractivity contribution in [3.05, 3.63) is 101 Å². The third-order valence-corrected chi connectivity index (χ3v) is 7.10. The molecule has 200 valence electrons. The zero-order valence-corrected chi connectivity index (χ0v) is 22.1. The average Bonchev–Trinajstić information content (AvgIpc) is 3.44. The Bertz CT molecular complexity index is 1180. The van der Waals surface area contributed by atoms with Crippen LogP contribution in [0.1, 0.15) is 55.2 Å². The minimum Gasteiger partial charge on any atom is -0.494 e. The lowest BCUT2D eigenvalue weighted by Crippen LogP contribution is -2.52. The number of carbonyl (C=O) groups is 2. The number of nitrogens with zero attached hydrogens (tertiary/aromatic N) is 1. The largest absolute Gasteiger partial charge is 0.494 e. The maximum atomic E-state index is 14.7. The summed E-state index contributed by atoms with van der Waals surface area (Å²) in [6.45, 7) is 2.42. The molecule has 1 fully saturated rings. The molecule has 3 aromatic rings. The topological polar surface area (TPSA) is 58.6 Å². The third kappa shape index (κ3) is 7.91. The van der Waals surface area contributed by atoms with Gasteiger partial charge < -0.3 is 15.0 Å². The quantitative estimate of drug-likeness (QED) is 0.301. The van der Waals surface area contributed by atoms with Gasteiger partial charge in [0.25, 0.3) is 0 Å². The van der Waals surface area contributed by atoms with Crippen molar-refractivity contribution in [1.82, 2.24) is 10.2 Å². The Hall–Kier alpha value is -3.67. The summed E-state index contributed by atoms with van der Waals surface area (Å²) in [4.78, 5) is 28.9. The van der Waals surface area contributed by atoms with Gasteiger partial charge in [-0.25, -0.2) is 4.39 Å². The first-order valence-corrected chi connectivity index (χ1v) is 13.6. The maximum absolute atomic E-state index is 14.7. The Morgan fingerprint density at radius 2 is 1.66 bits per heavy atom. The van der Waals surface area contributed by atoms with Crippen molar-refractivity contribution in [2.45, 2.75) is 70.5 Å². The number of carbonyl (C=O) groups excluding carboxylic acids is 2. The van der Waals surface area contributed by atoms with Crippen LogP contribution < -0.4 is 10.1 Å². The van der Waals surface area contributed by atoms with Gasteiger partial charge in [-0.3, -0.25) is 9.59 Å². The molecule has 0 bridgehead atoms. The van der Waals surface area contributed by atoms with Crippen LogP contribution in [0.3, 0.4) is 0 Å². The summed E-state index contributed by atoms with van der Waals surface area (Å²) >= 11 is 0. The van der Waals surface area contributed by atoms with Crippen molar-refractivity contribution < 1.29 is 18.7 Å². The molecule has 1 atom stereocenters. The second kappa shape index (κ2) is 13.8. The molecule has 0 spiro atoms. The fourth-order valence-corrected chi connectivity index (χ4v) is 4.92. The van der Waals surface area contributed by atoms with Gasteiger partial charge in [0.05, 0.1) is 6.61 Å². The number of ether oxygens (including phenoxy) is 1. The molecule has 3 aromatic carbocycles. The zero-order valence-electron chi connectivity index (χ0n) is 22.1. The first-order chi connectivity index (χ1) is 18.5. The first kappa shape index (κ1) is 27.4. The number of amides is 2. The van der Waals surface area contributed by atoms with Crippen molar-refractivity contribution in [3.8, 4) is 5.75 Å². The highest BCUT2D eigenvalue weighted by atomic mass is 19.1. The number of hydrogen-bond acceptors (Lipinski definition) is 3. The van der Waals surface area contributed by atoms with Crippen molar-refractivity contribution in [3.63, 3.8) is 0 Å². The molecule has 1 aliphatic rings. The van der Waals surface area contributed by atoms with E-state index in [1.165, 1.54) is 6.07 Å². The summed E-state index contributed by atoms with van der Waals surface area (Å²) in [5, 5.41) is 3.18. The van der Waals surface area contributed by atoms with Gasteiger partial charge in [0.15, 0.2) is 0 Å². The Balaban J connectivity index is 1.52. The van der Waals surface area contributed by atoms with Crippen LogP contribution in [0.25, 0.3) is 0 Å². The molecule has 0 radical (unpaired) electrons. The van der Waals surface area contributed by atoms with Gasteiger partial charge in [-0.15, -0.1) is 0 Å². The summed E-state index contributed by atoms with van der Waals surface area (Å²) < 4.78 is 20.5. The summed E-state index contributed by atoms with van der Waals surface area (Å²) in [7, 11) is 0. The molecule has 4 rings (SSSR count). The van der Waals surface area contributed by atoms with E-state index in [4.69, 9.17) is 4.74 Å². The van der Waals surface area contributed by atoms with E-state index in [2.05, 4.69) is 5.32 Å². The average molecular weight is 517 g/mol. The van der Waals surface area contributed by atoms with Crippen LogP contribution >= 0.6 is 0 Å². The molecule has 2 amide bonds. The van der Waals surface area contributed by atoms with E-state index in [0.717, 1.165) is 42.6 Å². The number of nitrogens with one attached hydrogen (secondary N) is 1. The van der Waals surface area contributed by atoms with Crippen molar-refractivity contribution in [2.75, 3.05) is 6.61 Å². The Labute approximate surface area is 225 Å². The highest BCUT2D eigenvalue weighted by Gasteiger charge is 2.32. The predicted octanol–water partition coefficient (Wildman–Crippen LogP) is 5.99. The third-order valence-electron chi connectivity index (χ3n) is 7.10. The Morgan fingerprint density at radius 3 is 2.37 bits per heavy atom. The molecule has 0 aliphatic heterocycles. The van der Waals surface area contributed by atoms with Crippen LogP contribution in [-0.2, 0) is 22.6 Å². The van der Waals surface area contributed by atoms with Gasteiger partial charge in [-0.2, -0.15) is 0 Å². The van der Waals surface area contributed by atoms with Gasteiger partial charge >= 0.3 is 0 Å². The van der Waals surface area contributed by atoms with Crippen LogP contribution in [0.2, 0.25) is 0 Å². The minimum atomic E-state index is -0.747. The van der Waals surface area contributed by atoms with Crippen molar-refractivity contribution >= 4 is 11.8 Å². The molecule has 0 aromatic heterocycles. The van der Waals surface area contributed by atoms with Crippen LogP contribution in [0.5, 0.6) is 5.75 Å². The van der Waals surface area contributed by atoms with Crippen molar-refractivity contribution in [1.29, 1.82) is 0 Å².